The van der Waals surface area contributed by atoms with E-state index in [0.717, 1.165) is 12.0 Å². The second-order valence-corrected chi connectivity index (χ2v) is 11.1. The molecule has 1 saturated heterocycles. The van der Waals surface area contributed by atoms with Crippen LogP contribution in [0.5, 0.6) is 0 Å². The van der Waals surface area contributed by atoms with Gasteiger partial charge in [0.05, 0.1) is 6.54 Å². The summed E-state index contributed by atoms with van der Waals surface area (Å²) in [5, 5.41) is 0.582. The average Bonchev–Trinajstić information content (AvgIpc) is 3.03. The number of carbonyl (C=O) groups is 3. The summed E-state index contributed by atoms with van der Waals surface area (Å²) in [7, 11) is 0. The van der Waals surface area contributed by atoms with Gasteiger partial charge in [-0.05, 0) is 48.3 Å². The molecule has 3 amide bonds. The normalized spacial score (nSPS) is 15.5. The van der Waals surface area contributed by atoms with E-state index in [-0.39, 0.29) is 54.7 Å². The van der Waals surface area contributed by atoms with E-state index in [1.165, 1.54) is 4.90 Å². The molecule has 0 bridgehead atoms. The molecule has 1 heterocycles. The van der Waals surface area contributed by atoms with E-state index in [9.17, 15) is 14.4 Å². The van der Waals surface area contributed by atoms with Gasteiger partial charge in [0, 0.05) is 23.7 Å². The topological polar surface area (TPSA) is 60.9 Å². The number of carbonyl (C=O) groups excluding carboxylic acids is 3. The van der Waals surface area contributed by atoms with Crippen molar-refractivity contribution in [2.24, 2.45) is 17.3 Å². The van der Waals surface area contributed by atoms with Gasteiger partial charge in [-0.1, -0.05) is 59.2 Å². The van der Waals surface area contributed by atoms with Gasteiger partial charge in [0.1, 0.15) is 13.2 Å². The van der Waals surface area contributed by atoms with Crippen molar-refractivity contribution in [1.29, 1.82) is 0 Å². The van der Waals surface area contributed by atoms with E-state index in [4.69, 9.17) is 11.6 Å². The molecule has 1 aromatic carbocycles. The Labute approximate surface area is 197 Å². The first-order valence-corrected chi connectivity index (χ1v) is 11.8. The van der Waals surface area contributed by atoms with Crippen molar-refractivity contribution in [1.82, 2.24) is 9.80 Å². The fraction of sp³-hybridized carbons (Fsp3) is 0.640. The molecule has 0 aromatic heterocycles. The molecule has 0 saturated carbocycles. The summed E-state index contributed by atoms with van der Waals surface area (Å²) >= 11 is 6.21. The first-order valence-electron chi connectivity index (χ1n) is 11.4. The van der Waals surface area contributed by atoms with Crippen molar-refractivity contribution in [3.63, 3.8) is 0 Å². The molecule has 6 nitrogen and oxygen atoms in total. The molecule has 1 aliphatic heterocycles. The van der Waals surface area contributed by atoms with Gasteiger partial charge in [-0.15, -0.1) is 0 Å². The Hall–Kier alpha value is -2.08. The predicted octanol–water partition coefficient (Wildman–Crippen LogP) is 4.73. The Balaban J connectivity index is 2.07. The summed E-state index contributed by atoms with van der Waals surface area (Å²) in [5.74, 6) is 0.122. The minimum Gasteiger partial charge on any atom is -0.333 e. The maximum absolute atomic E-state index is 13.1. The number of nitrogens with zero attached hydrogens (tertiary/aromatic N) is 3. The number of hydrogen-bond acceptors (Lipinski definition) is 3. The van der Waals surface area contributed by atoms with E-state index in [1.54, 1.807) is 21.9 Å². The maximum atomic E-state index is 13.1. The Morgan fingerprint density at radius 2 is 1.84 bits per heavy atom. The zero-order valence-electron chi connectivity index (χ0n) is 20.6. The van der Waals surface area contributed by atoms with Crippen LogP contribution in [0.15, 0.2) is 18.2 Å². The molecule has 0 aliphatic carbocycles. The van der Waals surface area contributed by atoms with Gasteiger partial charge in [-0.25, -0.2) is 0 Å². The number of amides is 3. The second kappa shape index (κ2) is 10.7. The van der Waals surface area contributed by atoms with Crippen LogP contribution in [0.3, 0.4) is 0 Å². The summed E-state index contributed by atoms with van der Waals surface area (Å²) in [6, 6.07) is 5.41. The van der Waals surface area contributed by atoms with Gasteiger partial charge in [0.15, 0.2) is 0 Å². The van der Waals surface area contributed by atoms with Crippen LogP contribution in [0, 0.1) is 24.2 Å². The lowest BCUT2D eigenvalue weighted by Crippen LogP contribution is -2.44. The number of halogens is 1. The van der Waals surface area contributed by atoms with Gasteiger partial charge in [0.25, 0.3) is 0 Å². The SMILES string of the molecule is Cc1c(Cl)cccc1N1CN(C(=O)CN(CC(C)C)C(=O)CC(C)CC(C)(C)C)CC1=O. The predicted molar refractivity (Wildman–Crippen MR) is 130 cm³/mol. The van der Waals surface area contributed by atoms with Crippen LogP contribution in [-0.4, -0.2) is 53.8 Å². The van der Waals surface area contributed by atoms with Crippen LogP contribution in [0.4, 0.5) is 5.69 Å². The minimum atomic E-state index is -0.210. The average molecular weight is 464 g/mol. The van der Waals surface area contributed by atoms with Crippen LogP contribution >= 0.6 is 11.6 Å². The van der Waals surface area contributed by atoms with Crippen molar-refractivity contribution in [2.75, 3.05) is 31.2 Å². The van der Waals surface area contributed by atoms with Gasteiger partial charge in [-0.3, -0.25) is 19.3 Å². The Morgan fingerprint density at radius 3 is 2.44 bits per heavy atom. The van der Waals surface area contributed by atoms with E-state index in [1.807, 2.05) is 26.8 Å². The minimum absolute atomic E-state index is 0.00290. The first-order chi connectivity index (χ1) is 14.8. The van der Waals surface area contributed by atoms with Crippen molar-refractivity contribution in [3.05, 3.63) is 28.8 Å². The highest BCUT2D eigenvalue weighted by atomic mass is 35.5. The highest BCUT2D eigenvalue weighted by Gasteiger charge is 2.34. The van der Waals surface area contributed by atoms with E-state index >= 15 is 0 Å². The van der Waals surface area contributed by atoms with Crippen molar-refractivity contribution >= 4 is 35.0 Å². The Bertz CT molecular complexity index is 847. The summed E-state index contributed by atoms with van der Waals surface area (Å²) in [6.45, 7) is 15.2. The standard InChI is InChI=1S/C25H38ClN3O3/c1-17(2)13-27(22(30)11-18(3)12-25(5,6)7)14-23(31)28-15-24(32)29(16-28)21-10-8-9-20(26)19(21)4/h8-10,17-18H,11-16H2,1-7H3. The number of anilines is 1. The van der Waals surface area contributed by atoms with Crippen LogP contribution in [0.1, 0.15) is 59.9 Å². The zero-order chi connectivity index (χ0) is 24.2. The molecule has 1 atom stereocenters. The quantitative estimate of drug-likeness (QED) is 0.560. The maximum Gasteiger partial charge on any atom is 0.248 e. The van der Waals surface area contributed by atoms with E-state index in [0.29, 0.717) is 23.7 Å². The van der Waals surface area contributed by atoms with Crippen LogP contribution in [0.2, 0.25) is 5.02 Å². The lowest BCUT2D eigenvalue weighted by molar-refractivity contribution is -0.141. The summed E-state index contributed by atoms with van der Waals surface area (Å²) in [4.78, 5) is 43.5. The third-order valence-corrected chi connectivity index (χ3v) is 5.98. The molecule has 1 unspecified atom stereocenters. The molecular weight excluding hydrogens is 426 g/mol. The molecule has 1 fully saturated rings. The largest absolute Gasteiger partial charge is 0.333 e. The number of hydrogen-bond donors (Lipinski definition) is 0. The highest BCUT2D eigenvalue weighted by Crippen LogP contribution is 2.29. The van der Waals surface area contributed by atoms with Crippen LogP contribution < -0.4 is 4.90 Å². The Kier molecular flexibility index (Phi) is 8.74. The van der Waals surface area contributed by atoms with Crippen molar-refractivity contribution in [2.45, 2.75) is 61.3 Å². The number of benzene rings is 1. The molecule has 178 valence electrons. The summed E-state index contributed by atoms with van der Waals surface area (Å²) < 4.78 is 0. The first kappa shape index (κ1) is 26.2. The third kappa shape index (κ3) is 7.22. The van der Waals surface area contributed by atoms with E-state index < -0.39 is 0 Å². The monoisotopic (exact) mass is 463 g/mol. The van der Waals surface area contributed by atoms with Gasteiger partial charge < -0.3 is 9.80 Å². The van der Waals surface area contributed by atoms with Crippen LogP contribution in [-0.2, 0) is 14.4 Å². The third-order valence-electron chi connectivity index (χ3n) is 5.57. The Morgan fingerprint density at radius 1 is 1.19 bits per heavy atom. The molecule has 32 heavy (non-hydrogen) atoms. The number of rotatable bonds is 8. The molecular formula is C25H38ClN3O3. The molecule has 7 heteroatoms. The fourth-order valence-corrected chi connectivity index (χ4v) is 4.49. The molecule has 2 rings (SSSR count). The van der Waals surface area contributed by atoms with Gasteiger partial charge >= 0.3 is 0 Å². The summed E-state index contributed by atoms with van der Waals surface area (Å²) in [6.07, 6.45) is 1.36. The van der Waals surface area contributed by atoms with Crippen molar-refractivity contribution in [3.8, 4) is 0 Å². The lowest BCUT2D eigenvalue weighted by atomic mass is 9.84. The molecule has 0 spiro atoms. The van der Waals surface area contributed by atoms with Gasteiger partial charge in [-0.2, -0.15) is 0 Å². The summed E-state index contributed by atoms with van der Waals surface area (Å²) in [5.41, 5.74) is 1.67. The van der Waals surface area contributed by atoms with Crippen LogP contribution in [0.25, 0.3) is 0 Å². The zero-order valence-corrected chi connectivity index (χ0v) is 21.3. The molecule has 1 aliphatic rings. The fourth-order valence-electron chi connectivity index (χ4n) is 4.32. The highest BCUT2D eigenvalue weighted by molar-refractivity contribution is 6.31. The molecule has 0 N–H and O–H groups in total. The molecule has 1 aromatic rings. The van der Waals surface area contributed by atoms with E-state index in [2.05, 4.69) is 27.7 Å². The van der Waals surface area contributed by atoms with Crippen molar-refractivity contribution < 1.29 is 14.4 Å². The second-order valence-electron chi connectivity index (χ2n) is 10.7. The lowest BCUT2D eigenvalue weighted by Gasteiger charge is -2.29. The van der Waals surface area contributed by atoms with Gasteiger partial charge in [0.2, 0.25) is 17.7 Å². The molecule has 0 radical (unpaired) electrons. The smallest absolute Gasteiger partial charge is 0.248 e.